The fourth-order valence-electron chi connectivity index (χ4n) is 1.23. The Hall–Kier alpha value is -1.36. The van der Waals surface area contributed by atoms with E-state index in [0.717, 1.165) is 5.69 Å². The summed E-state index contributed by atoms with van der Waals surface area (Å²) >= 11 is 0. The van der Waals surface area contributed by atoms with Crippen LogP contribution in [0.4, 0.5) is 0 Å². The topological polar surface area (TPSA) is 75.3 Å². The summed E-state index contributed by atoms with van der Waals surface area (Å²) in [5, 5.41) is 22.3. The maximum atomic E-state index is 10.6. The fraction of sp³-hybridized carbons (Fsp3) is 0.600. The molecule has 0 aliphatic heterocycles. The lowest BCUT2D eigenvalue weighted by atomic mass is 9.92. The third-order valence-electron chi connectivity index (χ3n) is 2.20. The monoisotopic (exact) mass is 212 g/mol. The van der Waals surface area contributed by atoms with Crippen molar-refractivity contribution >= 4 is 5.97 Å². The maximum Gasteiger partial charge on any atom is 0.338 e. The van der Waals surface area contributed by atoms with Crippen molar-refractivity contribution in [3.05, 3.63) is 17.5 Å². The molecule has 15 heavy (non-hydrogen) atoms. The summed E-state index contributed by atoms with van der Waals surface area (Å²) in [6.07, 6.45) is -1.52. The molecular weight excluding hydrogens is 196 g/mol. The van der Waals surface area contributed by atoms with Gasteiger partial charge in [-0.2, -0.15) is 5.10 Å². The van der Waals surface area contributed by atoms with Gasteiger partial charge in [-0.25, -0.2) is 4.79 Å². The van der Waals surface area contributed by atoms with Gasteiger partial charge in [-0.1, -0.05) is 20.8 Å². The molecule has 0 fully saturated rings. The number of aliphatic hydroxyl groups is 1. The fourth-order valence-corrected chi connectivity index (χ4v) is 1.23. The van der Waals surface area contributed by atoms with E-state index in [1.807, 2.05) is 20.8 Å². The van der Waals surface area contributed by atoms with Gasteiger partial charge in [0.1, 0.15) is 0 Å². The highest BCUT2D eigenvalue weighted by Crippen LogP contribution is 2.23. The zero-order valence-electron chi connectivity index (χ0n) is 9.35. The van der Waals surface area contributed by atoms with E-state index >= 15 is 0 Å². The van der Waals surface area contributed by atoms with Crippen LogP contribution < -0.4 is 0 Å². The van der Waals surface area contributed by atoms with Crippen LogP contribution in [0.2, 0.25) is 0 Å². The Morgan fingerprint density at radius 3 is 2.40 bits per heavy atom. The van der Waals surface area contributed by atoms with E-state index in [9.17, 15) is 9.90 Å². The number of aliphatic carboxylic acids is 1. The highest BCUT2D eigenvalue weighted by molar-refractivity contribution is 5.73. The van der Waals surface area contributed by atoms with Gasteiger partial charge in [-0.15, -0.1) is 0 Å². The Bertz CT molecular complexity index is 377. The lowest BCUT2D eigenvalue weighted by Crippen LogP contribution is -2.14. The van der Waals surface area contributed by atoms with Gasteiger partial charge in [0.25, 0.3) is 0 Å². The molecule has 1 atom stereocenters. The van der Waals surface area contributed by atoms with Crippen LogP contribution in [0, 0.1) is 0 Å². The number of rotatable bonds is 2. The van der Waals surface area contributed by atoms with Gasteiger partial charge in [-0.3, -0.25) is 4.68 Å². The first kappa shape index (κ1) is 11.7. The molecule has 5 nitrogen and oxygen atoms in total. The standard InChI is InChI=1S/C10H16N2O3/c1-10(2,3)7-5-6(12(4)11-7)8(13)9(14)15/h5,8,13H,1-4H3,(H,14,15). The van der Waals surface area contributed by atoms with Crippen LogP contribution >= 0.6 is 0 Å². The predicted octanol–water partition coefficient (Wildman–Crippen LogP) is 0.836. The molecule has 0 bridgehead atoms. The third-order valence-corrected chi connectivity index (χ3v) is 2.20. The minimum atomic E-state index is -1.52. The Morgan fingerprint density at radius 2 is 2.07 bits per heavy atom. The molecule has 0 aliphatic carbocycles. The normalized spacial score (nSPS) is 13.9. The van der Waals surface area contributed by atoms with Gasteiger partial charge in [0.05, 0.1) is 11.4 Å². The molecule has 1 aromatic heterocycles. The van der Waals surface area contributed by atoms with Crippen LogP contribution in [-0.4, -0.2) is 26.0 Å². The number of carboxylic acid groups (broad SMARTS) is 1. The minimum absolute atomic E-state index is 0.158. The summed E-state index contributed by atoms with van der Waals surface area (Å²) in [5.41, 5.74) is 0.904. The molecule has 0 aromatic carbocycles. The van der Waals surface area contributed by atoms with Crippen molar-refractivity contribution < 1.29 is 15.0 Å². The number of nitrogens with zero attached hydrogens (tertiary/aromatic N) is 2. The highest BCUT2D eigenvalue weighted by atomic mass is 16.4. The molecule has 0 spiro atoms. The number of aryl methyl sites for hydroxylation is 1. The first-order chi connectivity index (χ1) is 6.73. The molecule has 5 heteroatoms. The molecule has 2 N–H and O–H groups in total. The molecule has 0 saturated carbocycles. The number of carbonyl (C=O) groups is 1. The maximum absolute atomic E-state index is 10.6. The number of hydrogen-bond donors (Lipinski definition) is 2. The van der Waals surface area contributed by atoms with Crippen LogP contribution in [0.15, 0.2) is 6.07 Å². The Kier molecular flexibility index (Phi) is 2.86. The van der Waals surface area contributed by atoms with Crippen LogP contribution in [0.1, 0.15) is 38.3 Å². The van der Waals surface area contributed by atoms with Crippen molar-refractivity contribution in [2.75, 3.05) is 0 Å². The van der Waals surface area contributed by atoms with E-state index in [-0.39, 0.29) is 5.41 Å². The molecule has 1 unspecified atom stereocenters. The van der Waals surface area contributed by atoms with Gasteiger partial charge in [0.2, 0.25) is 0 Å². The van der Waals surface area contributed by atoms with Crippen LogP contribution in [0.25, 0.3) is 0 Å². The minimum Gasteiger partial charge on any atom is -0.479 e. The first-order valence-corrected chi connectivity index (χ1v) is 4.69. The summed E-state index contributed by atoms with van der Waals surface area (Å²) in [6.45, 7) is 5.94. The van der Waals surface area contributed by atoms with Crippen molar-refractivity contribution in [2.24, 2.45) is 7.05 Å². The molecule has 1 aromatic rings. The van der Waals surface area contributed by atoms with Gasteiger partial charge >= 0.3 is 5.97 Å². The lowest BCUT2D eigenvalue weighted by Gasteiger charge is -2.13. The van der Waals surface area contributed by atoms with Crippen molar-refractivity contribution in [1.82, 2.24) is 9.78 Å². The zero-order chi connectivity index (χ0) is 11.8. The third kappa shape index (κ3) is 2.36. The van der Waals surface area contributed by atoms with Crippen LogP contribution in [0.3, 0.4) is 0 Å². The highest BCUT2D eigenvalue weighted by Gasteiger charge is 2.25. The summed E-state index contributed by atoms with van der Waals surface area (Å²) in [6, 6.07) is 1.62. The second-order valence-electron chi connectivity index (χ2n) is 4.57. The smallest absolute Gasteiger partial charge is 0.338 e. The molecule has 0 radical (unpaired) electrons. The van der Waals surface area contributed by atoms with E-state index in [4.69, 9.17) is 5.11 Å². The molecular formula is C10H16N2O3. The number of hydrogen-bond acceptors (Lipinski definition) is 3. The van der Waals surface area contributed by atoms with Gasteiger partial charge in [0, 0.05) is 12.5 Å². The average molecular weight is 212 g/mol. The SMILES string of the molecule is Cn1nc(C(C)(C)C)cc1C(O)C(=O)O. The lowest BCUT2D eigenvalue weighted by molar-refractivity contribution is -0.147. The van der Waals surface area contributed by atoms with E-state index in [1.54, 1.807) is 13.1 Å². The molecule has 84 valence electrons. The first-order valence-electron chi connectivity index (χ1n) is 4.69. The Labute approximate surface area is 88.3 Å². The van der Waals surface area contributed by atoms with Crippen molar-refractivity contribution in [3.63, 3.8) is 0 Å². The quantitative estimate of drug-likeness (QED) is 0.761. The second kappa shape index (κ2) is 3.66. The Balaban J connectivity index is 3.12. The summed E-state index contributed by atoms with van der Waals surface area (Å²) in [5.74, 6) is -1.27. The number of carboxylic acids is 1. The van der Waals surface area contributed by atoms with Gasteiger partial charge in [0.15, 0.2) is 6.10 Å². The van der Waals surface area contributed by atoms with Crippen molar-refractivity contribution in [3.8, 4) is 0 Å². The average Bonchev–Trinajstić information content (AvgIpc) is 2.45. The molecule has 1 heterocycles. The summed E-state index contributed by atoms with van der Waals surface area (Å²) < 4.78 is 1.40. The second-order valence-corrected chi connectivity index (χ2v) is 4.57. The van der Waals surface area contributed by atoms with Crippen molar-refractivity contribution in [2.45, 2.75) is 32.3 Å². The van der Waals surface area contributed by atoms with E-state index in [1.165, 1.54) is 4.68 Å². The van der Waals surface area contributed by atoms with Crippen LogP contribution in [-0.2, 0) is 17.3 Å². The van der Waals surface area contributed by atoms with E-state index < -0.39 is 12.1 Å². The van der Waals surface area contributed by atoms with Crippen molar-refractivity contribution in [1.29, 1.82) is 0 Å². The number of aromatic nitrogens is 2. The van der Waals surface area contributed by atoms with Gasteiger partial charge in [-0.05, 0) is 6.07 Å². The van der Waals surface area contributed by atoms with Gasteiger partial charge < -0.3 is 10.2 Å². The predicted molar refractivity (Wildman–Crippen MR) is 54.5 cm³/mol. The van der Waals surface area contributed by atoms with Crippen LogP contribution in [0.5, 0.6) is 0 Å². The van der Waals surface area contributed by atoms with E-state index in [2.05, 4.69) is 5.10 Å². The molecule has 0 amide bonds. The zero-order valence-corrected chi connectivity index (χ0v) is 9.35. The molecule has 0 aliphatic rings. The molecule has 0 saturated heterocycles. The molecule has 1 rings (SSSR count). The summed E-state index contributed by atoms with van der Waals surface area (Å²) in [7, 11) is 1.62. The largest absolute Gasteiger partial charge is 0.479 e. The number of aliphatic hydroxyl groups excluding tert-OH is 1. The summed E-state index contributed by atoms with van der Waals surface area (Å²) in [4.78, 5) is 10.6. The van der Waals surface area contributed by atoms with E-state index in [0.29, 0.717) is 5.69 Å². The Morgan fingerprint density at radius 1 is 1.53 bits per heavy atom.